The van der Waals surface area contributed by atoms with Crippen molar-refractivity contribution in [2.24, 2.45) is 0 Å². The second kappa shape index (κ2) is 1.58. The van der Waals surface area contributed by atoms with E-state index in [0.717, 1.165) is 0 Å². The molecule has 8 heavy (non-hydrogen) atoms. The molecule has 1 N–H and O–H groups in total. The van der Waals surface area contributed by atoms with E-state index in [4.69, 9.17) is 0 Å². The molecule has 1 fully saturated rings. The van der Waals surface area contributed by atoms with Gasteiger partial charge in [0.15, 0.2) is 0 Å². The summed E-state index contributed by atoms with van der Waals surface area (Å²) in [5.74, 6) is 1.25. The van der Waals surface area contributed by atoms with Gasteiger partial charge in [-0.15, -0.1) is 11.8 Å². The van der Waals surface area contributed by atoms with Crippen molar-refractivity contribution in [3.05, 3.63) is 12.4 Å². The smallest absolute Gasteiger partial charge is 0.148 e. The van der Waals surface area contributed by atoms with Crippen LogP contribution in [0.1, 0.15) is 0 Å². The lowest BCUT2D eigenvalue weighted by Crippen LogP contribution is -2.26. The Morgan fingerprint density at radius 1 is 1.88 bits per heavy atom. The third-order valence-corrected chi connectivity index (χ3v) is 2.49. The van der Waals surface area contributed by atoms with Gasteiger partial charge in [-0.2, -0.15) is 0 Å². The SMILES string of the molecule is [C]1=CN2CCSC2N1. The molecule has 0 aromatic heterocycles. The zero-order chi connectivity index (χ0) is 5.40. The van der Waals surface area contributed by atoms with Gasteiger partial charge in [0, 0.05) is 18.5 Å². The van der Waals surface area contributed by atoms with Gasteiger partial charge >= 0.3 is 0 Å². The quantitative estimate of drug-likeness (QED) is 0.500. The van der Waals surface area contributed by atoms with E-state index in [1.54, 1.807) is 0 Å². The fraction of sp³-hybridized carbons (Fsp3) is 0.600. The van der Waals surface area contributed by atoms with Crippen LogP contribution in [0.2, 0.25) is 0 Å². The molecular formula is C5H7N2S. The van der Waals surface area contributed by atoms with Crippen LogP contribution in [0.3, 0.4) is 0 Å². The number of nitrogens with one attached hydrogen (secondary N) is 1. The highest BCUT2D eigenvalue weighted by Crippen LogP contribution is 2.23. The number of fused-ring (bicyclic) bond motifs is 1. The first-order valence-electron chi connectivity index (χ1n) is 2.68. The Labute approximate surface area is 52.9 Å². The van der Waals surface area contributed by atoms with Crippen molar-refractivity contribution in [1.29, 1.82) is 0 Å². The third kappa shape index (κ3) is 0.508. The Morgan fingerprint density at radius 2 is 2.88 bits per heavy atom. The summed E-state index contributed by atoms with van der Waals surface area (Å²) in [6, 6.07) is 0. The molecular weight excluding hydrogens is 120 g/mol. The Kier molecular flexibility index (Phi) is 0.903. The highest BCUT2D eigenvalue weighted by atomic mass is 32.2. The first-order chi connectivity index (χ1) is 3.97. The van der Waals surface area contributed by atoms with Crippen LogP contribution in [0.25, 0.3) is 0 Å². The molecule has 2 aliphatic rings. The first-order valence-corrected chi connectivity index (χ1v) is 3.73. The predicted molar refractivity (Wildman–Crippen MR) is 33.9 cm³/mol. The van der Waals surface area contributed by atoms with Gasteiger partial charge in [-0.05, 0) is 0 Å². The Balaban J connectivity index is 2.13. The topological polar surface area (TPSA) is 15.3 Å². The highest BCUT2D eigenvalue weighted by Gasteiger charge is 2.24. The van der Waals surface area contributed by atoms with Crippen LogP contribution in [0, 0.1) is 6.20 Å². The van der Waals surface area contributed by atoms with E-state index in [0.29, 0.717) is 5.50 Å². The maximum Gasteiger partial charge on any atom is 0.148 e. The molecule has 2 nitrogen and oxygen atoms in total. The van der Waals surface area contributed by atoms with Gasteiger partial charge in [0.1, 0.15) is 5.50 Å². The summed E-state index contributed by atoms with van der Waals surface area (Å²) >= 11 is 1.93. The van der Waals surface area contributed by atoms with Crippen molar-refractivity contribution in [1.82, 2.24) is 10.2 Å². The molecule has 0 saturated carbocycles. The normalized spacial score (nSPS) is 33.0. The zero-order valence-electron chi connectivity index (χ0n) is 4.42. The van der Waals surface area contributed by atoms with Gasteiger partial charge in [0.05, 0.1) is 6.20 Å². The standard InChI is InChI=1S/C5H7N2S/c1-2-7-3-4-8-5(7)6-1/h2,5-6H,3-4H2. The minimum Gasteiger partial charge on any atom is -0.354 e. The van der Waals surface area contributed by atoms with Gasteiger partial charge in [-0.25, -0.2) is 0 Å². The van der Waals surface area contributed by atoms with Crippen molar-refractivity contribution in [3.63, 3.8) is 0 Å². The van der Waals surface area contributed by atoms with E-state index >= 15 is 0 Å². The van der Waals surface area contributed by atoms with Crippen LogP contribution in [-0.4, -0.2) is 22.7 Å². The molecule has 0 bridgehead atoms. The molecule has 2 rings (SSSR count). The maximum absolute atomic E-state index is 3.10. The van der Waals surface area contributed by atoms with Crippen LogP contribution >= 0.6 is 11.8 Å². The molecule has 3 heteroatoms. The van der Waals surface area contributed by atoms with Gasteiger partial charge in [0.2, 0.25) is 0 Å². The molecule has 2 aliphatic heterocycles. The largest absolute Gasteiger partial charge is 0.354 e. The van der Waals surface area contributed by atoms with Crippen molar-refractivity contribution in [3.8, 4) is 0 Å². The van der Waals surface area contributed by atoms with E-state index in [2.05, 4.69) is 16.4 Å². The Hall–Kier alpha value is -0.310. The lowest BCUT2D eigenvalue weighted by atomic mass is 10.6. The number of nitrogens with zero attached hydrogens (tertiary/aromatic N) is 1. The molecule has 43 valence electrons. The average molecular weight is 127 g/mol. The van der Waals surface area contributed by atoms with Gasteiger partial charge in [-0.3, -0.25) is 0 Å². The van der Waals surface area contributed by atoms with E-state index in [1.165, 1.54) is 12.3 Å². The van der Waals surface area contributed by atoms with Crippen LogP contribution in [-0.2, 0) is 0 Å². The Morgan fingerprint density at radius 3 is 3.75 bits per heavy atom. The number of hydrogen-bond donors (Lipinski definition) is 1. The summed E-state index contributed by atoms with van der Waals surface area (Å²) in [6.45, 7) is 1.18. The lowest BCUT2D eigenvalue weighted by molar-refractivity contribution is 0.405. The number of hydrogen-bond acceptors (Lipinski definition) is 3. The van der Waals surface area contributed by atoms with Crippen LogP contribution in [0.5, 0.6) is 0 Å². The molecule has 2 heterocycles. The van der Waals surface area contributed by atoms with Gasteiger partial charge < -0.3 is 10.2 Å². The second-order valence-electron chi connectivity index (χ2n) is 1.88. The van der Waals surface area contributed by atoms with Crippen molar-refractivity contribution < 1.29 is 0 Å². The summed E-state index contributed by atoms with van der Waals surface area (Å²) < 4.78 is 0. The minimum absolute atomic E-state index is 0.509. The third-order valence-electron chi connectivity index (χ3n) is 1.36. The summed E-state index contributed by atoms with van der Waals surface area (Å²) in [5.41, 5.74) is 0.509. The van der Waals surface area contributed by atoms with Gasteiger partial charge in [0.25, 0.3) is 0 Å². The highest BCUT2D eigenvalue weighted by molar-refractivity contribution is 8.00. The number of rotatable bonds is 0. The molecule has 0 amide bonds. The molecule has 1 radical (unpaired) electrons. The molecule has 0 aromatic rings. The van der Waals surface area contributed by atoms with Crippen LogP contribution in [0.15, 0.2) is 6.20 Å². The summed E-state index contributed by atoms with van der Waals surface area (Å²) in [4.78, 5) is 2.25. The molecule has 1 saturated heterocycles. The van der Waals surface area contributed by atoms with E-state index in [1.807, 2.05) is 18.0 Å². The van der Waals surface area contributed by atoms with Crippen LogP contribution in [0.4, 0.5) is 0 Å². The fourth-order valence-electron chi connectivity index (χ4n) is 0.931. The van der Waals surface area contributed by atoms with E-state index in [9.17, 15) is 0 Å². The molecule has 0 aromatic carbocycles. The Bertz CT molecular complexity index is 124. The summed E-state index contributed by atoms with van der Waals surface area (Å²) in [7, 11) is 0. The molecule has 0 spiro atoms. The first kappa shape index (κ1) is 4.56. The maximum atomic E-state index is 3.10. The lowest BCUT2D eigenvalue weighted by Gasteiger charge is -2.12. The fourth-order valence-corrected chi connectivity index (χ4v) is 1.98. The average Bonchev–Trinajstić information content (AvgIpc) is 2.15. The van der Waals surface area contributed by atoms with Gasteiger partial charge in [-0.1, -0.05) is 0 Å². The molecule has 1 unspecified atom stereocenters. The molecule has 0 aliphatic carbocycles. The second-order valence-corrected chi connectivity index (χ2v) is 3.07. The van der Waals surface area contributed by atoms with E-state index in [-0.39, 0.29) is 0 Å². The minimum atomic E-state index is 0.509. The molecule has 1 atom stereocenters. The summed E-state index contributed by atoms with van der Waals surface area (Å²) in [6.07, 6.45) is 4.95. The predicted octanol–water partition coefficient (Wildman–Crippen LogP) is 0.196. The van der Waals surface area contributed by atoms with E-state index < -0.39 is 0 Å². The number of thioether (sulfide) groups is 1. The van der Waals surface area contributed by atoms with Crippen molar-refractivity contribution in [2.45, 2.75) is 5.50 Å². The monoisotopic (exact) mass is 127 g/mol. The van der Waals surface area contributed by atoms with Crippen LogP contribution < -0.4 is 5.32 Å². The zero-order valence-corrected chi connectivity index (χ0v) is 5.24. The summed E-state index contributed by atoms with van der Waals surface area (Å²) in [5, 5.41) is 3.10. The van der Waals surface area contributed by atoms with Crippen molar-refractivity contribution in [2.75, 3.05) is 12.3 Å². The van der Waals surface area contributed by atoms with Crippen molar-refractivity contribution >= 4 is 11.8 Å².